The summed E-state index contributed by atoms with van der Waals surface area (Å²) in [6.45, 7) is 2.09. The third-order valence-electron chi connectivity index (χ3n) is 4.98. The number of rotatable bonds is 7. The summed E-state index contributed by atoms with van der Waals surface area (Å²) in [4.78, 5) is 24.2. The first-order chi connectivity index (χ1) is 15.6. The zero-order valence-corrected chi connectivity index (χ0v) is 17.8. The number of fused-ring (bicyclic) bond motifs is 2. The van der Waals surface area contributed by atoms with Crippen molar-refractivity contribution in [2.24, 2.45) is 0 Å². The molecule has 2 aromatic carbocycles. The number of carboxylic acid groups (broad SMARTS) is 1. The Labute approximate surface area is 186 Å². The minimum absolute atomic E-state index is 0.401. The second-order valence-electron chi connectivity index (χ2n) is 7.15. The Morgan fingerprint density at radius 1 is 1.25 bits per heavy atom. The number of hydrogen-bond donors (Lipinski definition) is 2. The number of nitrogens with one attached hydrogen (secondary N) is 1. The first-order valence-corrected chi connectivity index (χ1v) is 10.8. The van der Waals surface area contributed by atoms with Crippen LogP contribution in [0.5, 0.6) is 5.75 Å². The van der Waals surface area contributed by atoms with Crippen LogP contribution in [0.2, 0.25) is 0 Å². The van der Waals surface area contributed by atoms with E-state index in [4.69, 9.17) is 4.74 Å². The highest BCUT2D eigenvalue weighted by atomic mass is 32.1. The summed E-state index contributed by atoms with van der Waals surface area (Å²) in [5.41, 5.74) is 5.24. The number of aliphatic carboxylic acids is 1. The standard InChI is InChI=1S/C22H18N6O3S/c1-13(22(29)30)31-19-4-2-3-17-20(19)21(24-11-23-17)27-15-5-6-18-14(7-15)8-26-28(18)9-16-10-32-12-25-16/h2-8,10-13H,9H2,1H3,(H,29,30)(H,23,24,27)/t13-/m1/s1. The number of thiazole rings is 1. The number of carbonyl (C=O) groups is 1. The highest BCUT2D eigenvalue weighted by molar-refractivity contribution is 7.07. The van der Waals surface area contributed by atoms with Gasteiger partial charge in [0.05, 0.1) is 40.4 Å². The van der Waals surface area contributed by atoms with Gasteiger partial charge in [0.1, 0.15) is 17.9 Å². The predicted molar refractivity (Wildman–Crippen MR) is 121 cm³/mol. The lowest BCUT2D eigenvalue weighted by molar-refractivity contribution is -0.144. The van der Waals surface area contributed by atoms with Crippen molar-refractivity contribution in [1.29, 1.82) is 0 Å². The van der Waals surface area contributed by atoms with Gasteiger partial charge in [0, 0.05) is 16.5 Å². The van der Waals surface area contributed by atoms with Gasteiger partial charge in [-0.25, -0.2) is 19.7 Å². The molecule has 0 aliphatic heterocycles. The van der Waals surface area contributed by atoms with E-state index in [-0.39, 0.29) is 0 Å². The molecule has 0 aliphatic rings. The molecule has 0 spiro atoms. The van der Waals surface area contributed by atoms with E-state index in [9.17, 15) is 9.90 Å². The Balaban J connectivity index is 1.48. The van der Waals surface area contributed by atoms with Crippen LogP contribution in [0.1, 0.15) is 12.6 Å². The quantitative estimate of drug-likeness (QED) is 0.384. The third-order valence-corrected chi connectivity index (χ3v) is 5.61. The first-order valence-electron chi connectivity index (χ1n) is 9.81. The van der Waals surface area contributed by atoms with E-state index in [1.54, 1.807) is 23.5 Å². The molecule has 5 rings (SSSR count). The van der Waals surface area contributed by atoms with E-state index in [1.807, 2.05) is 46.0 Å². The van der Waals surface area contributed by atoms with Crippen LogP contribution in [0, 0.1) is 0 Å². The lowest BCUT2D eigenvalue weighted by Gasteiger charge is -2.15. The van der Waals surface area contributed by atoms with Crippen LogP contribution in [0.15, 0.2) is 59.8 Å². The second-order valence-corrected chi connectivity index (χ2v) is 7.87. The summed E-state index contributed by atoms with van der Waals surface area (Å²) in [5.74, 6) is -0.122. The lowest BCUT2D eigenvalue weighted by atomic mass is 10.2. The zero-order valence-electron chi connectivity index (χ0n) is 17.0. The van der Waals surface area contributed by atoms with E-state index in [1.165, 1.54) is 13.3 Å². The molecule has 2 N–H and O–H groups in total. The Kier molecular flexibility index (Phi) is 5.12. The molecule has 10 heteroatoms. The van der Waals surface area contributed by atoms with E-state index in [0.29, 0.717) is 29.0 Å². The summed E-state index contributed by atoms with van der Waals surface area (Å²) < 4.78 is 7.56. The maximum Gasteiger partial charge on any atom is 0.344 e. The number of anilines is 2. The highest BCUT2D eigenvalue weighted by Gasteiger charge is 2.17. The number of ether oxygens (including phenoxy) is 1. The monoisotopic (exact) mass is 446 g/mol. The molecule has 0 unspecified atom stereocenters. The maximum atomic E-state index is 11.3. The van der Waals surface area contributed by atoms with Gasteiger partial charge in [0.2, 0.25) is 0 Å². The number of hydrogen-bond acceptors (Lipinski definition) is 8. The van der Waals surface area contributed by atoms with Gasteiger partial charge in [0.25, 0.3) is 0 Å². The van der Waals surface area contributed by atoms with Gasteiger partial charge in [-0.05, 0) is 37.3 Å². The van der Waals surface area contributed by atoms with Crippen LogP contribution in [0.3, 0.4) is 0 Å². The molecule has 3 aromatic heterocycles. The van der Waals surface area contributed by atoms with E-state index in [0.717, 1.165) is 22.3 Å². The maximum absolute atomic E-state index is 11.3. The SMILES string of the molecule is C[C@@H](Oc1cccc2ncnc(Nc3ccc4c(cnn4Cc4cscn4)c3)c12)C(=O)O. The molecular weight excluding hydrogens is 428 g/mol. The average molecular weight is 446 g/mol. The molecule has 5 aromatic rings. The van der Waals surface area contributed by atoms with Gasteiger partial charge < -0.3 is 15.2 Å². The molecular formula is C22H18N6O3S. The highest BCUT2D eigenvalue weighted by Crippen LogP contribution is 2.32. The van der Waals surface area contributed by atoms with Crippen molar-refractivity contribution < 1.29 is 14.6 Å². The van der Waals surface area contributed by atoms with Gasteiger partial charge in [-0.1, -0.05) is 6.07 Å². The fourth-order valence-electron chi connectivity index (χ4n) is 3.41. The van der Waals surface area contributed by atoms with Crippen molar-refractivity contribution in [2.75, 3.05) is 5.32 Å². The number of nitrogens with zero attached hydrogens (tertiary/aromatic N) is 5. The molecule has 0 radical (unpaired) electrons. The molecule has 0 amide bonds. The molecule has 3 heterocycles. The first kappa shape index (κ1) is 19.9. The smallest absolute Gasteiger partial charge is 0.344 e. The summed E-state index contributed by atoms with van der Waals surface area (Å²) in [7, 11) is 0. The summed E-state index contributed by atoms with van der Waals surface area (Å²) in [6, 6.07) is 11.2. The van der Waals surface area contributed by atoms with Crippen LogP contribution < -0.4 is 10.1 Å². The van der Waals surface area contributed by atoms with Crippen LogP contribution in [0.4, 0.5) is 11.5 Å². The van der Waals surface area contributed by atoms with Crippen molar-refractivity contribution in [3.8, 4) is 5.75 Å². The van der Waals surface area contributed by atoms with Crippen molar-refractivity contribution in [2.45, 2.75) is 19.6 Å². The molecule has 0 bridgehead atoms. The van der Waals surface area contributed by atoms with Crippen molar-refractivity contribution >= 4 is 50.6 Å². The summed E-state index contributed by atoms with van der Waals surface area (Å²) >= 11 is 1.56. The van der Waals surface area contributed by atoms with Crippen molar-refractivity contribution in [1.82, 2.24) is 24.7 Å². The van der Waals surface area contributed by atoms with Gasteiger partial charge in [-0.2, -0.15) is 5.10 Å². The fraction of sp³-hybridized carbons (Fsp3) is 0.136. The second kappa shape index (κ2) is 8.23. The average Bonchev–Trinajstić information content (AvgIpc) is 3.44. The summed E-state index contributed by atoms with van der Waals surface area (Å²) in [6.07, 6.45) is 2.27. The van der Waals surface area contributed by atoms with Crippen LogP contribution in [-0.2, 0) is 11.3 Å². The van der Waals surface area contributed by atoms with Gasteiger partial charge in [-0.3, -0.25) is 4.68 Å². The van der Waals surface area contributed by atoms with E-state index in [2.05, 4.69) is 25.4 Å². The van der Waals surface area contributed by atoms with E-state index < -0.39 is 12.1 Å². The summed E-state index contributed by atoms with van der Waals surface area (Å²) in [5, 5.41) is 20.6. The molecule has 160 valence electrons. The molecule has 9 nitrogen and oxygen atoms in total. The molecule has 0 saturated heterocycles. The van der Waals surface area contributed by atoms with Crippen molar-refractivity contribution in [3.63, 3.8) is 0 Å². The Hall–Kier alpha value is -4.05. The lowest BCUT2D eigenvalue weighted by Crippen LogP contribution is -2.23. The molecule has 0 saturated carbocycles. The van der Waals surface area contributed by atoms with Crippen molar-refractivity contribution in [3.05, 3.63) is 65.5 Å². The van der Waals surface area contributed by atoms with Gasteiger partial charge >= 0.3 is 5.97 Å². The van der Waals surface area contributed by atoms with Crippen LogP contribution >= 0.6 is 11.3 Å². The zero-order chi connectivity index (χ0) is 22.1. The Morgan fingerprint density at radius 2 is 2.16 bits per heavy atom. The van der Waals surface area contributed by atoms with E-state index >= 15 is 0 Å². The largest absolute Gasteiger partial charge is 0.479 e. The van der Waals surface area contributed by atoms with Crippen LogP contribution in [-0.4, -0.2) is 41.9 Å². The predicted octanol–water partition coefficient (Wildman–Crippen LogP) is 4.08. The van der Waals surface area contributed by atoms with Gasteiger partial charge in [0.15, 0.2) is 6.10 Å². The Bertz CT molecular complexity index is 1410. The number of aromatic nitrogens is 5. The minimum atomic E-state index is -1.05. The minimum Gasteiger partial charge on any atom is -0.479 e. The molecule has 32 heavy (non-hydrogen) atoms. The molecule has 1 atom stereocenters. The Morgan fingerprint density at radius 3 is 2.97 bits per heavy atom. The third kappa shape index (κ3) is 3.83. The fourth-order valence-corrected chi connectivity index (χ4v) is 3.96. The molecule has 0 fully saturated rings. The normalized spacial score (nSPS) is 12.2. The number of carboxylic acids is 1. The van der Waals surface area contributed by atoms with Crippen LogP contribution in [0.25, 0.3) is 21.8 Å². The number of benzene rings is 2. The molecule has 0 aliphatic carbocycles. The van der Waals surface area contributed by atoms with Gasteiger partial charge in [-0.15, -0.1) is 11.3 Å². The topological polar surface area (TPSA) is 115 Å².